The van der Waals surface area contributed by atoms with Gasteiger partial charge in [-0.2, -0.15) is 13.2 Å². The van der Waals surface area contributed by atoms with Crippen molar-refractivity contribution in [2.24, 2.45) is 5.92 Å². The minimum atomic E-state index is -4.59. The molecule has 0 atom stereocenters. The van der Waals surface area contributed by atoms with Crippen LogP contribution in [0.4, 0.5) is 13.2 Å². The lowest BCUT2D eigenvalue weighted by molar-refractivity contribution is -0.140. The van der Waals surface area contributed by atoms with Gasteiger partial charge in [0, 0.05) is 17.3 Å². The number of H-pyrrole nitrogens is 1. The Balaban J connectivity index is 1.44. The van der Waals surface area contributed by atoms with Crippen LogP contribution in [0.15, 0.2) is 42.6 Å². The van der Waals surface area contributed by atoms with Gasteiger partial charge in [-0.25, -0.2) is 9.97 Å². The third-order valence-corrected chi connectivity index (χ3v) is 6.60. The van der Waals surface area contributed by atoms with E-state index in [-0.39, 0.29) is 22.4 Å². The molecule has 0 radical (unpaired) electrons. The van der Waals surface area contributed by atoms with Crippen molar-refractivity contribution in [1.82, 2.24) is 19.9 Å². The minimum absolute atomic E-state index is 0.0192. The summed E-state index contributed by atoms with van der Waals surface area (Å²) >= 11 is 6.48. The maximum atomic E-state index is 13.7. The van der Waals surface area contributed by atoms with E-state index in [9.17, 15) is 13.2 Å². The standard InChI is InChI=1S/C25H28ClF3N4O/c1-33-14-11-17(12-15-33)7-5-6-16-34-24-20(26)19(10-13-30-24)23-31-21(18-8-3-2-4-9-18)22(32-23)25(27,28)29/h2-4,8-10,13,17H,5-7,11-12,14-16H2,1H3,(H,31,32). The zero-order valence-corrected chi connectivity index (χ0v) is 19.8. The van der Waals surface area contributed by atoms with E-state index in [1.807, 2.05) is 0 Å². The van der Waals surface area contributed by atoms with Gasteiger partial charge in [-0.1, -0.05) is 48.4 Å². The van der Waals surface area contributed by atoms with E-state index in [1.54, 1.807) is 30.3 Å². The molecule has 1 aliphatic heterocycles. The van der Waals surface area contributed by atoms with Crippen molar-refractivity contribution in [2.75, 3.05) is 26.7 Å². The molecule has 1 N–H and O–H groups in total. The third kappa shape index (κ3) is 5.91. The summed E-state index contributed by atoms with van der Waals surface area (Å²) in [5.74, 6) is 0.984. The van der Waals surface area contributed by atoms with E-state index in [0.29, 0.717) is 17.7 Å². The molecule has 5 nitrogen and oxygen atoms in total. The van der Waals surface area contributed by atoms with E-state index < -0.39 is 11.9 Å². The van der Waals surface area contributed by atoms with Crippen LogP contribution < -0.4 is 4.74 Å². The number of hydrogen-bond donors (Lipinski definition) is 1. The summed E-state index contributed by atoms with van der Waals surface area (Å²) in [4.78, 5) is 13.2. The Morgan fingerprint density at radius 3 is 2.56 bits per heavy atom. The molecule has 3 aromatic rings. The zero-order chi connectivity index (χ0) is 24.1. The first-order valence-corrected chi connectivity index (χ1v) is 11.9. The number of imidazole rings is 1. The lowest BCUT2D eigenvalue weighted by atomic mass is 9.92. The molecule has 2 aromatic heterocycles. The fraction of sp³-hybridized carbons (Fsp3) is 0.440. The Morgan fingerprint density at radius 2 is 1.85 bits per heavy atom. The number of ether oxygens (including phenoxy) is 1. The van der Waals surface area contributed by atoms with Crippen LogP contribution in [0.25, 0.3) is 22.6 Å². The number of nitrogens with one attached hydrogen (secondary N) is 1. The number of benzene rings is 1. The maximum Gasteiger partial charge on any atom is 0.433 e. The lowest BCUT2D eigenvalue weighted by Gasteiger charge is -2.28. The van der Waals surface area contributed by atoms with Gasteiger partial charge in [0.1, 0.15) is 22.2 Å². The molecule has 1 aliphatic rings. The predicted molar refractivity (Wildman–Crippen MR) is 127 cm³/mol. The minimum Gasteiger partial charge on any atom is -0.477 e. The molecule has 3 heterocycles. The monoisotopic (exact) mass is 492 g/mol. The van der Waals surface area contributed by atoms with Crippen molar-refractivity contribution in [1.29, 1.82) is 0 Å². The second kappa shape index (κ2) is 10.8. The van der Waals surface area contributed by atoms with Gasteiger partial charge in [0.15, 0.2) is 0 Å². The smallest absolute Gasteiger partial charge is 0.433 e. The first-order chi connectivity index (χ1) is 16.3. The summed E-state index contributed by atoms with van der Waals surface area (Å²) in [6.45, 7) is 2.76. The number of hydrogen-bond acceptors (Lipinski definition) is 4. The van der Waals surface area contributed by atoms with Gasteiger partial charge >= 0.3 is 6.18 Å². The summed E-state index contributed by atoms with van der Waals surface area (Å²) in [6, 6.07) is 9.78. The highest BCUT2D eigenvalue weighted by Gasteiger charge is 2.37. The molecule has 0 bridgehead atoms. The zero-order valence-electron chi connectivity index (χ0n) is 19.0. The normalized spacial score (nSPS) is 15.6. The number of rotatable bonds is 8. The second-order valence-corrected chi connectivity index (χ2v) is 9.12. The number of halogens is 4. The van der Waals surface area contributed by atoms with E-state index in [0.717, 1.165) is 31.8 Å². The molecule has 1 fully saturated rings. The van der Waals surface area contributed by atoms with Gasteiger partial charge in [-0.3, -0.25) is 0 Å². The maximum absolute atomic E-state index is 13.7. The van der Waals surface area contributed by atoms with Crippen LogP contribution in [0.2, 0.25) is 5.02 Å². The molecular weight excluding hydrogens is 465 g/mol. The highest BCUT2D eigenvalue weighted by molar-refractivity contribution is 6.34. The van der Waals surface area contributed by atoms with Gasteiger partial charge in [0.25, 0.3) is 0 Å². The average Bonchev–Trinajstić information content (AvgIpc) is 3.28. The van der Waals surface area contributed by atoms with Crippen LogP contribution in [0.1, 0.15) is 37.8 Å². The number of nitrogens with zero attached hydrogens (tertiary/aromatic N) is 3. The second-order valence-electron chi connectivity index (χ2n) is 8.74. The third-order valence-electron chi connectivity index (χ3n) is 6.23. The van der Waals surface area contributed by atoms with Crippen molar-refractivity contribution < 1.29 is 17.9 Å². The molecular formula is C25H28ClF3N4O. The molecule has 1 aromatic carbocycles. The van der Waals surface area contributed by atoms with Crippen LogP contribution >= 0.6 is 11.6 Å². The molecule has 4 rings (SSSR count). The molecule has 0 aliphatic carbocycles. The lowest BCUT2D eigenvalue weighted by Crippen LogP contribution is -2.30. The van der Waals surface area contributed by atoms with E-state index >= 15 is 0 Å². The summed E-state index contributed by atoms with van der Waals surface area (Å²) in [5, 5.41) is 0.139. The first-order valence-electron chi connectivity index (χ1n) is 11.5. The van der Waals surface area contributed by atoms with Crippen molar-refractivity contribution in [3.8, 4) is 28.5 Å². The van der Waals surface area contributed by atoms with Crippen LogP contribution in [-0.4, -0.2) is 46.6 Å². The SMILES string of the molecule is CN1CCC(CCCCOc2nccc(-c3nc(-c4ccccc4)c(C(F)(F)F)[nH]3)c2Cl)CC1. The largest absolute Gasteiger partial charge is 0.477 e. The average molecular weight is 493 g/mol. The molecule has 0 saturated carbocycles. The van der Waals surface area contributed by atoms with E-state index in [2.05, 4.69) is 26.9 Å². The van der Waals surface area contributed by atoms with Gasteiger partial charge in [-0.05, 0) is 57.8 Å². The Bertz CT molecular complexity index is 1080. The number of likely N-dealkylation sites (tertiary alicyclic amines) is 1. The predicted octanol–water partition coefficient (Wildman–Crippen LogP) is 6.70. The number of unbranched alkanes of at least 4 members (excludes halogenated alkanes) is 1. The number of pyridine rings is 1. The summed E-state index contributed by atoms with van der Waals surface area (Å²) in [7, 11) is 2.16. The van der Waals surface area contributed by atoms with Crippen LogP contribution in [0.5, 0.6) is 5.88 Å². The van der Waals surface area contributed by atoms with Gasteiger partial charge in [0.2, 0.25) is 5.88 Å². The van der Waals surface area contributed by atoms with Gasteiger partial charge in [0.05, 0.1) is 6.61 Å². The van der Waals surface area contributed by atoms with E-state index in [1.165, 1.54) is 31.5 Å². The molecule has 0 spiro atoms. The Hall–Kier alpha value is -2.58. The molecule has 34 heavy (non-hydrogen) atoms. The van der Waals surface area contributed by atoms with Crippen LogP contribution in [-0.2, 0) is 6.18 Å². The molecule has 1 saturated heterocycles. The topological polar surface area (TPSA) is 54.0 Å². The number of alkyl halides is 3. The van der Waals surface area contributed by atoms with Crippen LogP contribution in [0, 0.1) is 5.92 Å². The van der Waals surface area contributed by atoms with E-state index in [4.69, 9.17) is 16.3 Å². The molecule has 9 heteroatoms. The Kier molecular flexibility index (Phi) is 7.78. The fourth-order valence-corrected chi connectivity index (χ4v) is 4.53. The summed E-state index contributed by atoms with van der Waals surface area (Å²) in [6.07, 6.45) is 2.44. The number of aromatic amines is 1. The fourth-order valence-electron chi connectivity index (χ4n) is 4.27. The van der Waals surface area contributed by atoms with Crippen LogP contribution in [0.3, 0.4) is 0 Å². The first kappa shape index (κ1) is 24.5. The summed E-state index contributed by atoms with van der Waals surface area (Å²) in [5.41, 5.74) is -0.417. The van der Waals surface area contributed by atoms with Crippen molar-refractivity contribution in [3.63, 3.8) is 0 Å². The Labute approximate surface area is 202 Å². The highest BCUT2D eigenvalue weighted by atomic mass is 35.5. The molecule has 0 unspecified atom stereocenters. The summed E-state index contributed by atoms with van der Waals surface area (Å²) < 4.78 is 46.9. The Morgan fingerprint density at radius 1 is 1.12 bits per heavy atom. The van der Waals surface area contributed by atoms with Gasteiger partial charge < -0.3 is 14.6 Å². The molecule has 0 amide bonds. The number of piperidine rings is 1. The molecule has 182 valence electrons. The van der Waals surface area contributed by atoms with Crippen molar-refractivity contribution in [3.05, 3.63) is 53.3 Å². The highest BCUT2D eigenvalue weighted by Crippen LogP contribution is 2.39. The number of aromatic nitrogens is 3. The van der Waals surface area contributed by atoms with Crippen molar-refractivity contribution >= 4 is 11.6 Å². The quantitative estimate of drug-likeness (QED) is 0.355. The van der Waals surface area contributed by atoms with Crippen molar-refractivity contribution in [2.45, 2.75) is 38.3 Å². The van der Waals surface area contributed by atoms with Gasteiger partial charge in [-0.15, -0.1) is 0 Å².